The molecule has 2 unspecified atom stereocenters. The molecule has 2 atom stereocenters. The molecular weight excluding hydrogens is 366 g/mol. The average Bonchev–Trinajstić information content (AvgIpc) is 2.72. The Labute approximate surface area is 172 Å². The fourth-order valence-electron chi connectivity index (χ4n) is 2.97. The smallest absolute Gasteiger partial charge is 0.244 e. The first-order valence-electron chi connectivity index (χ1n) is 9.99. The fraction of sp³-hybridized carbons (Fsp3) is 0.391. The highest BCUT2D eigenvalue weighted by atomic mass is 16.5. The Hall–Kier alpha value is -2.86. The summed E-state index contributed by atoms with van der Waals surface area (Å²) in [6, 6.07) is 16.8. The van der Waals surface area contributed by atoms with Gasteiger partial charge in [0.2, 0.25) is 11.8 Å². The maximum absolute atomic E-state index is 12.4. The van der Waals surface area contributed by atoms with Crippen LogP contribution in [0.15, 0.2) is 54.6 Å². The summed E-state index contributed by atoms with van der Waals surface area (Å²) in [6.07, 6.45) is 0.868. The van der Waals surface area contributed by atoms with E-state index in [1.807, 2.05) is 68.4 Å². The molecule has 6 nitrogen and oxygen atoms in total. The van der Waals surface area contributed by atoms with Gasteiger partial charge >= 0.3 is 0 Å². The highest BCUT2D eigenvalue weighted by Crippen LogP contribution is 2.18. The van der Waals surface area contributed by atoms with Crippen molar-refractivity contribution in [1.29, 1.82) is 0 Å². The van der Waals surface area contributed by atoms with Crippen LogP contribution in [-0.4, -0.2) is 25.0 Å². The summed E-state index contributed by atoms with van der Waals surface area (Å²) in [4.78, 5) is 24.6. The molecule has 0 aliphatic rings. The molecular formula is C23H31N3O3. The van der Waals surface area contributed by atoms with Gasteiger partial charge in [0.25, 0.3) is 0 Å². The Morgan fingerprint density at radius 1 is 1.10 bits per heavy atom. The Balaban J connectivity index is 1.73. The molecule has 4 N–H and O–H groups in total. The largest absolute Gasteiger partial charge is 0.494 e. The number of hydrogen-bond acceptors (Lipinski definition) is 4. The molecule has 0 saturated carbocycles. The van der Waals surface area contributed by atoms with Gasteiger partial charge in [0, 0.05) is 13.0 Å². The zero-order valence-electron chi connectivity index (χ0n) is 17.4. The average molecular weight is 398 g/mol. The van der Waals surface area contributed by atoms with Gasteiger partial charge in [-0.1, -0.05) is 42.5 Å². The first-order chi connectivity index (χ1) is 13.8. The first kappa shape index (κ1) is 22.4. The molecule has 29 heavy (non-hydrogen) atoms. The van der Waals surface area contributed by atoms with Gasteiger partial charge in [-0.3, -0.25) is 9.59 Å². The van der Waals surface area contributed by atoms with Crippen LogP contribution in [0.2, 0.25) is 0 Å². The van der Waals surface area contributed by atoms with Gasteiger partial charge in [-0.05, 0) is 50.5 Å². The van der Waals surface area contributed by atoms with E-state index in [0.717, 1.165) is 16.9 Å². The van der Waals surface area contributed by atoms with E-state index in [-0.39, 0.29) is 17.9 Å². The molecule has 0 fully saturated rings. The van der Waals surface area contributed by atoms with Crippen LogP contribution in [0.3, 0.4) is 0 Å². The van der Waals surface area contributed by atoms with Crippen LogP contribution in [0.1, 0.15) is 50.8 Å². The summed E-state index contributed by atoms with van der Waals surface area (Å²) in [5.74, 6) is 0.499. The van der Waals surface area contributed by atoms with Crippen molar-refractivity contribution in [3.8, 4) is 5.75 Å². The summed E-state index contributed by atoms with van der Waals surface area (Å²) >= 11 is 0. The SMILES string of the molecule is CCOc1ccc(C(C)NC(=O)CCCNC(=O)C(C)(N)c2ccccc2)cc1. The van der Waals surface area contributed by atoms with E-state index >= 15 is 0 Å². The van der Waals surface area contributed by atoms with Gasteiger partial charge in [0.1, 0.15) is 11.3 Å². The molecule has 0 aliphatic heterocycles. The van der Waals surface area contributed by atoms with Crippen LogP contribution >= 0.6 is 0 Å². The third-order valence-corrected chi connectivity index (χ3v) is 4.78. The van der Waals surface area contributed by atoms with Gasteiger partial charge < -0.3 is 21.1 Å². The first-order valence-corrected chi connectivity index (χ1v) is 9.99. The molecule has 0 aliphatic carbocycles. The monoisotopic (exact) mass is 397 g/mol. The van der Waals surface area contributed by atoms with E-state index in [0.29, 0.717) is 26.0 Å². The number of ether oxygens (including phenoxy) is 1. The number of rotatable bonds is 10. The van der Waals surface area contributed by atoms with E-state index in [2.05, 4.69) is 10.6 Å². The minimum absolute atomic E-state index is 0.0563. The van der Waals surface area contributed by atoms with Crippen LogP contribution in [0.4, 0.5) is 0 Å². The van der Waals surface area contributed by atoms with Gasteiger partial charge in [-0.15, -0.1) is 0 Å². The number of amides is 2. The standard InChI is InChI=1S/C23H31N3O3/c1-4-29-20-14-12-18(13-15-20)17(2)26-21(27)11-8-16-25-22(28)23(3,24)19-9-6-5-7-10-19/h5-7,9-10,12-15,17H,4,8,11,16,24H2,1-3H3,(H,25,28)(H,26,27). The predicted molar refractivity (Wildman–Crippen MR) is 114 cm³/mol. The van der Waals surface area contributed by atoms with E-state index in [9.17, 15) is 9.59 Å². The third kappa shape index (κ3) is 6.61. The van der Waals surface area contributed by atoms with Crippen LogP contribution in [-0.2, 0) is 15.1 Å². The lowest BCUT2D eigenvalue weighted by Gasteiger charge is -2.24. The maximum Gasteiger partial charge on any atom is 0.244 e. The van der Waals surface area contributed by atoms with Gasteiger partial charge in [-0.2, -0.15) is 0 Å². The van der Waals surface area contributed by atoms with Gasteiger partial charge in [-0.25, -0.2) is 0 Å². The van der Waals surface area contributed by atoms with Crippen molar-refractivity contribution in [2.75, 3.05) is 13.2 Å². The molecule has 6 heteroatoms. The zero-order valence-corrected chi connectivity index (χ0v) is 17.4. The molecule has 2 aromatic rings. The lowest BCUT2D eigenvalue weighted by molar-refractivity contribution is -0.126. The zero-order chi connectivity index (χ0) is 21.3. The summed E-state index contributed by atoms with van der Waals surface area (Å²) in [5, 5.41) is 5.80. The Kier molecular flexibility index (Phi) is 8.21. The Morgan fingerprint density at radius 2 is 1.76 bits per heavy atom. The summed E-state index contributed by atoms with van der Waals surface area (Å²) < 4.78 is 5.43. The van der Waals surface area contributed by atoms with Crippen molar-refractivity contribution in [1.82, 2.24) is 10.6 Å². The van der Waals surface area contributed by atoms with Crippen molar-refractivity contribution in [2.24, 2.45) is 5.73 Å². The van der Waals surface area contributed by atoms with Crippen LogP contribution in [0.5, 0.6) is 5.75 Å². The minimum atomic E-state index is -1.11. The number of carbonyl (C=O) groups is 2. The van der Waals surface area contributed by atoms with Crippen molar-refractivity contribution >= 4 is 11.8 Å². The lowest BCUT2D eigenvalue weighted by atomic mass is 9.92. The molecule has 0 saturated heterocycles. The number of nitrogens with one attached hydrogen (secondary N) is 2. The van der Waals surface area contributed by atoms with Crippen LogP contribution in [0, 0.1) is 0 Å². The second-order valence-electron chi connectivity index (χ2n) is 7.22. The lowest BCUT2D eigenvalue weighted by Crippen LogP contribution is -2.49. The summed E-state index contributed by atoms with van der Waals surface area (Å²) in [7, 11) is 0. The van der Waals surface area contributed by atoms with E-state index in [1.54, 1.807) is 6.92 Å². The van der Waals surface area contributed by atoms with E-state index in [1.165, 1.54) is 0 Å². The molecule has 2 aromatic carbocycles. The minimum Gasteiger partial charge on any atom is -0.494 e. The second-order valence-corrected chi connectivity index (χ2v) is 7.22. The molecule has 0 spiro atoms. The predicted octanol–water partition coefficient (Wildman–Crippen LogP) is 3.03. The number of carbonyl (C=O) groups excluding carboxylic acids is 2. The maximum atomic E-state index is 12.4. The molecule has 0 aromatic heterocycles. The summed E-state index contributed by atoms with van der Waals surface area (Å²) in [6.45, 7) is 6.58. The van der Waals surface area contributed by atoms with Crippen LogP contribution < -0.4 is 21.1 Å². The molecule has 0 bridgehead atoms. The van der Waals surface area contributed by atoms with Gasteiger partial charge in [0.15, 0.2) is 0 Å². The van der Waals surface area contributed by atoms with E-state index < -0.39 is 5.54 Å². The van der Waals surface area contributed by atoms with Crippen molar-refractivity contribution in [2.45, 2.75) is 45.2 Å². The quantitative estimate of drug-likeness (QED) is 0.537. The topological polar surface area (TPSA) is 93.5 Å². The fourth-order valence-corrected chi connectivity index (χ4v) is 2.97. The number of hydrogen-bond donors (Lipinski definition) is 3. The van der Waals surface area contributed by atoms with Gasteiger partial charge in [0.05, 0.1) is 12.6 Å². The second kappa shape index (κ2) is 10.6. The Morgan fingerprint density at radius 3 is 2.38 bits per heavy atom. The normalized spacial score (nSPS) is 13.8. The highest BCUT2D eigenvalue weighted by Gasteiger charge is 2.29. The van der Waals surface area contributed by atoms with E-state index in [4.69, 9.17) is 10.5 Å². The third-order valence-electron chi connectivity index (χ3n) is 4.78. The highest BCUT2D eigenvalue weighted by molar-refractivity contribution is 5.87. The van der Waals surface area contributed by atoms with Crippen molar-refractivity contribution in [3.05, 3.63) is 65.7 Å². The molecule has 0 heterocycles. The molecule has 0 radical (unpaired) electrons. The number of nitrogens with two attached hydrogens (primary N) is 1. The van der Waals surface area contributed by atoms with Crippen molar-refractivity contribution in [3.63, 3.8) is 0 Å². The summed E-state index contributed by atoms with van der Waals surface area (Å²) in [5.41, 5.74) is 6.84. The molecule has 156 valence electrons. The molecule has 2 amide bonds. The molecule has 2 rings (SSSR count). The van der Waals surface area contributed by atoms with Crippen LogP contribution in [0.25, 0.3) is 0 Å². The number of benzene rings is 2. The van der Waals surface area contributed by atoms with Crippen molar-refractivity contribution < 1.29 is 14.3 Å². The Bertz CT molecular complexity index is 789.